The molecule has 8 heavy (non-hydrogen) atoms. The van der Waals surface area contributed by atoms with Crippen LogP contribution in [0.1, 0.15) is 12.8 Å². The quantitative estimate of drug-likeness (QED) is 0.351. The first-order chi connectivity index (χ1) is 3.79. The van der Waals surface area contributed by atoms with E-state index in [4.69, 9.17) is 4.74 Å². The molecule has 1 fully saturated rings. The Hall–Kier alpha value is 0.200. The van der Waals surface area contributed by atoms with Crippen molar-refractivity contribution < 1.29 is 9.53 Å². The minimum absolute atomic E-state index is 0.0436. The van der Waals surface area contributed by atoms with E-state index in [1.54, 1.807) is 0 Å². The van der Waals surface area contributed by atoms with E-state index in [1.807, 2.05) is 0 Å². The van der Waals surface area contributed by atoms with Crippen molar-refractivity contribution >= 4 is 28.6 Å². The highest BCUT2D eigenvalue weighted by atomic mass is 127. The molecule has 0 aromatic heterocycles. The summed E-state index contributed by atoms with van der Waals surface area (Å²) in [4.78, 5) is 10.4. The Balaban J connectivity index is 2.29. The minimum atomic E-state index is -0.0436. The molecule has 0 saturated carbocycles. The van der Waals surface area contributed by atoms with E-state index in [9.17, 15) is 4.79 Å². The molecular formula is C5H7IO2. The van der Waals surface area contributed by atoms with E-state index in [1.165, 1.54) is 0 Å². The number of hydrogen-bond acceptors (Lipinski definition) is 2. The molecule has 0 aromatic rings. The molecule has 1 aliphatic heterocycles. The van der Waals surface area contributed by atoms with Crippen LogP contribution >= 0.6 is 22.6 Å². The molecule has 1 unspecified atom stereocenters. The standard InChI is InChI=1S/C5H7IO2/c6-4-1-2-5(7)8-3-4/h4H,1-3H2. The number of esters is 1. The molecule has 1 rings (SSSR count). The maximum atomic E-state index is 10.4. The Labute approximate surface area is 61.7 Å². The minimum Gasteiger partial charge on any atom is -0.465 e. The van der Waals surface area contributed by atoms with Crippen molar-refractivity contribution in [1.29, 1.82) is 0 Å². The van der Waals surface area contributed by atoms with Gasteiger partial charge in [-0.2, -0.15) is 0 Å². The van der Waals surface area contributed by atoms with Crippen molar-refractivity contribution in [3.8, 4) is 0 Å². The highest BCUT2D eigenvalue weighted by Crippen LogP contribution is 2.14. The first kappa shape index (κ1) is 6.32. The fraction of sp³-hybridized carbons (Fsp3) is 0.800. The summed E-state index contributed by atoms with van der Waals surface area (Å²) in [5.41, 5.74) is 0. The average Bonchev–Trinajstić information content (AvgIpc) is 1.77. The van der Waals surface area contributed by atoms with Gasteiger partial charge in [-0.25, -0.2) is 0 Å². The summed E-state index contributed by atoms with van der Waals surface area (Å²) in [7, 11) is 0. The van der Waals surface area contributed by atoms with E-state index < -0.39 is 0 Å². The van der Waals surface area contributed by atoms with Crippen molar-refractivity contribution in [2.45, 2.75) is 16.8 Å². The van der Waals surface area contributed by atoms with Crippen LogP contribution in [-0.4, -0.2) is 16.5 Å². The van der Waals surface area contributed by atoms with Gasteiger partial charge in [-0.1, -0.05) is 22.6 Å². The lowest BCUT2D eigenvalue weighted by Crippen LogP contribution is -2.20. The predicted octanol–water partition coefficient (Wildman–Crippen LogP) is 1.13. The van der Waals surface area contributed by atoms with Crippen LogP contribution in [0.4, 0.5) is 0 Å². The fourth-order valence-electron chi connectivity index (χ4n) is 0.613. The van der Waals surface area contributed by atoms with Gasteiger partial charge in [0.1, 0.15) is 6.61 Å². The number of rotatable bonds is 0. The summed E-state index contributed by atoms with van der Waals surface area (Å²) < 4.78 is 5.29. The highest BCUT2D eigenvalue weighted by Gasteiger charge is 2.15. The normalized spacial score (nSPS) is 29.6. The average molecular weight is 226 g/mol. The van der Waals surface area contributed by atoms with Crippen LogP contribution in [0.2, 0.25) is 0 Å². The summed E-state index contributed by atoms with van der Waals surface area (Å²) in [6.07, 6.45) is 1.59. The lowest BCUT2D eigenvalue weighted by molar-refractivity contribution is -0.146. The van der Waals surface area contributed by atoms with Crippen molar-refractivity contribution in [3.05, 3.63) is 0 Å². The second kappa shape index (κ2) is 2.66. The third-order valence-electron chi connectivity index (χ3n) is 1.09. The maximum Gasteiger partial charge on any atom is 0.305 e. The number of ether oxygens (including phenoxy) is 1. The first-order valence-electron chi connectivity index (χ1n) is 2.59. The summed E-state index contributed by atoms with van der Waals surface area (Å²) in [5.74, 6) is -0.0436. The largest absolute Gasteiger partial charge is 0.465 e. The van der Waals surface area contributed by atoms with E-state index >= 15 is 0 Å². The SMILES string of the molecule is O=C1CCC(I)CO1. The van der Waals surface area contributed by atoms with Gasteiger partial charge in [-0.05, 0) is 6.42 Å². The van der Waals surface area contributed by atoms with Crippen molar-refractivity contribution in [2.24, 2.45) is 0 Å². The summed E-state index contributed by atoms with van der Waals surface area (Å²) in [6.45, 7) is 0.611. The van der Waals surface area contributed by atoms with Gasteiger partial charge >= 0.3 is 5.97 Å². The van der Waals surface area contributed by atoms with Gasteiger partial charge in [0.15, 0.2) is 0 Å². The molecule has 0 bridgehead atoms. The second-order valence-electron chi connectivity index (χ2n) is 1.82. The molecule has 0 amide bonds. The summed E-state index contributed by atoms with van der Waals surface area (Å²) in [6, 6.07) is 0. The summed E-state index contributed by atoms with van der Waals surface area (Å²) in [5, 5.41) is 0. The number of carbonyl (C=O) groups excluding carboxylic acids is 1. The Kier molecular flexibility index (Phi) is 2.10. The van der Waals surface area contributed by atoms with Crippen LogP contribution in [0, 0.1) is 0 Å². The first-order valence-corrected chi connectivity index (χ1v) is 3.83. The molecule has 0 radical (unpaired) electrons. The number of hydrogen-bond donors (Lipinski definition) is 0. The Morgan fingerprint density at radius 3 is 2.88 bits per heavy atom. The van der Waals surface area contributed by atoms with E-state index in [0.29, 0.717) is 17.0 Å². The topological polar surface area (TPSA) is 26.3 Å². The summed E-state index contributed by atoms with van der Waals surface area (Å²) >= 11 is 2.29. The molecule has 0 aromatic carbocycles. The molecule has 1 heterocycles. The number of alkyl halides is 1. The van der Waals surface area contributed by atoms with Crippen LogP contribution in [0.15, 0.2) is 0 Å². The monoisotopic (exact) mass is 226 g/mol. The molecule has 1 atom stereocenters. The van der Waals surface area contributed by atoms with Gasteiger partial charge in [0.05, 0.1) is 0 Å². The van der Waals surface area contributed by atoms with E-state index in [0.717, 1.165) is 6.42 Å². The van der Waals surface area contributed by atoms with Gasteiger partial charge < -0.3 is 4.74 Å². The Bertz CT molecular complexity index is 92.6. The van der Waals surface area contributed by atoms with Crippen molar-refractivity contribution in [3.63, 3.8) is 0 Å². The molecule has 1 aliphatic rings. The lowest BCUT2D eigenvalue weighted by atomic mass is 10.2. The van der Waals surface area contributed by atoms with Gasteiger partial charge in [0, 0.05) is 10.3 Å². The highest BCUT2D eigenvalue weighted by molar-refractivity contribution is 14.1. The zero-order valence-electron chi connectivity index (χ0n) is 4.39. The second-order valence-corrected chi connectivity index (χ2v) is 3.58. The Morgan fingerprint density at radius 1 is 1.75 bits per heavy atom. The van der Waals surface area contributed by atoms with Gasteiger partial charge in [0.25, 0.3) is 0 Å². The molecule has 0 spiro atoms. The zero-order chi connectivity index (χ0) is 5.98. The smallest absolute Gasteiger partial charge is 0.305 e. The predicted molar refractivity (Wildman–Crippen MR) is 38.0 cm³/mol. The lowest BCUT2D eigenvalue weighted by Gasteiger charge is -2.15. The zero-order valence-corrected chi connectivity index (χ0v) is 6.55. The molecule has 0 N–H and O–H groups in total. The molecule has 1 saturated heterocycles. The molecule has 2 nitrogen and oxygen atoms in total. The van der Waals surface area contributed by atoms with Gasteiger partial charge in [-0.3, -0.25) is 4.79 Å². The molecular weight excluding hydrogens is 219 g/mol. The number of halogens is 1. The number of carbonyl (C=O) groups is 1. The third kappa shape index (κ3) is 1.61. The van der Waals surface area contributed by atoms with Crippen LogP contribution < -0.4 is 0 Å². The van der Waals surface area contributed by atoms with Gasteiger partial charge in [-0.15, -0.1) is 0 Å². The fourth-order valence-corrected chi connectivity index (χ4v) is 1.10. The van der Waals surface area contributed by atoms with Crippen LogP contribution in [0.3, 0.4) is 0 Å². The van der Waals surface area contributed by atoms with E-state index in [-0.39, 0.29) is 5.97 Å². The van der Waals surface area contributed by atoms with Crippen molar-refractivity contribution in [2.75, 3.05) is 6.61 Å². The molecule has 3 heteroatoms. The van der Waals surface area contributed by atoms with Gasteiger partial charge in [0.2, 0.25) is 0 Å². The van der Waals surface area contributed by atoms with Crippen LogP contribution in [0.5, 0.6) is 0 Å². The van der Waals surface area contributed by atoms with Crippen LogP contribution in [-0.2, 0) is 9.53 Å². The Morgan fingerprint density at radius 2 is 2.50 bits per heavy atom. The molecule has 0 aliphatic carbocycles. The van der Waals surface area contributed by atoms with Crippen molar-refractivity contribution in [1.82, 2.24) is 0 Å². The third-order valence-corrected chi connectivity index (χ3v) is 2.07. The van der Waals surface area contributed by atoms with E-state index in [2.05, 4.69) is 22.6 Å². The van der Waals surface area contributed by atoms with Crippen LogP contribution in [0.25, 0.3) is 0 Å². The number of cyclic esters (lactones) is 1. The molecule has 46 valence electrons. The maximum absolute atomic E-state index is 10.4.